The molecule has 1 aliphatic rings. The van der Waals surface area contributed by atoms with Gasteiger partial charge in [-0.05, 0) is 71.2 Å². The van der Waals surface area contributed by atoms with Crippen LogP contribution < -0.4 is 9.64 Å². The van der Waals surface area contributed by atoms with Gasteiger partial charge in [-0.3, -0.25) is 9.69 Å². The Labute approximate surface area is 179 Å². The van der Waals surface area contributed by atoms with Gasteiger partial charge in [-0.25, -0.2) is 0 Å². The maximum absolute atomic E-state index is 13.0. The summed E-state index contributed by atoms with van der Waals surface area (Å²) in [6.07, 6.45) is 1.81. The zero-order valence-electron chi connectivity index (χ0n) is 14.3. The van der Waals surface area contributed by atoms with Gasteiger partial charge in [0.15, 0.2) is 4.32 Å². The van der Waals surface area contributed by atoms with Gasteiger partial charge in [0.2, 0.25) is 0 Å². The molecule has 2 aromatic rings. The van der Waals surface area contributed by atoms with E-state index in [0.29, 0.717) is 15.0 Å². The molecule has 0 unspecified atom stereocenters. The lowest BCUT2D eigenvalue weighted by atomic mass is 10.1. The van der Waals surface area contributed by atoms with E-state index in [1.165, 1.54) is 17.3 Å². The number of hydrogen-bond donors (Lipinski definition) is 0. The largest absolute Gasteiger partial charge is 0.495 e. The van der Waals surface area contributed by atoms with Gasteiger partial charge >= 0.3 is 0 Å². The van der Waals surface area contributed by atoms with Crippen LogP contribution in [0.25, 0.3) is 6.08 Å². The Morgan fingerprint density at radius 3 is 2.54 bits per heavy atom. The van der Waals surface area contributed by atoms with Crippen molar-refractivity contribution in [3.8, 4) is 5.75 Å². The highest BCUT2D eigenvalue weighted by Gasteiger charge is 2.33. The highest BCUT2D eigenvalue weighted by molar-refractivity contribution is 9.11. The van der Waals surface area contributed by atoms with E-state index < -0.39 is 0 Å². The van der Waals surface area contributed by atoms with Gasteiger partial charge in [0.25, 0.3) is 5.91 Å². The van der Waals surface area contributed by atoms with Crippen molar-refractivity contribution in [3.05, 3.63) is 60.9 Å². The van der Waals surface area contributed by atoms with Gasteiger partial charge in [-0.15, -0.1) is 0 Å². The predicted molar refractivity (Wildman–Crippen MR) is 120 cm³/mol. The molecule has 1 heterocycles. The minimum absolute atomic E-state index is 0.124. The van der Waals surface area contributed by atoms with Crippen LogP contribution in [0.2, 0.25) is 0 Å². The molecule has 3 nitrogen and oxygen atoms in total. The number of carbonyl (C=O) groups is 1. The zero-order chi connectivity index (χ0) is 19.0. The second-order valence-corrected chi connectivity index (χ2v) is 9.24. The second kappa shape index (κ2) is 7.84. The Hall–Kier alpha value is -1.15. The molecule has 0 aliphatic carbocycles. The molecule has 1 amide bonds. The molecule has 1 aliphatic heterocycles. The third kappa shape index (κ3) is 3.76. The number of carbonyl (C=O) groups excluding carboxylic acids is 1. The number of methoxy groups -OCH3 is 1. The summed E-state index contributed by atoms with van der Waals surface area (Å²) in [4.78, 5) is 15.1. The summed E-state index contributed by atoms with van der Waals surface area (Å²) >= 11 is 13.7. The first kappa shape index (κ1) is 19.6. The van der Waals surface area contributed by atoms with E-state index in [9.17, 15) is 4.79 Å². The zero-order valence-corrected chi connectivity index (χ0v) is 19.1. The number of rotatable bonds is 3. The molecule has 7 heteroatoms. The van der Waals surface area contributed by atoms with Crippen LogP contribution in [0, 0.1) is 13.8 Å². The third-order valence-corrected chi connectivity index (χ3v) is 6.42. The Morgan fingerprint density at radius 1 is 1.15 bits per heavy atom. The number of anilines is 1. The number of ether oxygens (including phenoxy) is 1. The quantitative estimate of drug-likeness (QED) is 0.359. The van der Waals surface area contributed by atoms with Crippen molar-refractivity contribution in [2.24, 2.45) is 0 Å². The molecule has 2 aromatic carbocycles. The van der Waals surface area contributed by atoms with Crippen molar-refractivity contribution in [2.45, 2.75) is 13.8 Å². The summed E-state index contributed by atoms with van der Waals surface area (Å²) in [6.45, 7) is 4.07. The maximum Gasteiger partial charge on any atom is 0.270 e. The number of thiocarbonyl (C=S) groups is 1. The molecule has 1 fully saturated rings. The van der Waals surface area contributed by atoms with Gasteiger partial charge < -0.3 is 4.74 Å². The van der Waals surface area contributed by atoms with Crippen LogP contribution in [-0.4, -0.2) is 17.3 Å². The van der Waals surface area contributed by atoms with Crippen LogP contribution in [0.1, 0.15) is 16.7 Å². The van der Waals surface area contributed by atoms with Crippen LogP contribution in [-0.2, 0) is 4.79 Å². The first-order valence-electron chi connectivity index (χ1n) is 7.70. The monoisotopic (exact) mass is 511 g/mol. The number of thioether (sulfide) groups is 1. The van der Waals surface area contributed by atoms with E-state index >= 15 is 0 Å². The van der Waals surface area contributed by atoms with Gasteiger partial charge in [0, 0.05) is 10.0 Å². The summed E-state index contributed by atoms with van der Waals surface area (Å²) in [5, 5.41) is 0. The average Bonchev–Trinajstić information content (AvgIpc) is 2.84. The van der Waals surface area contributed by atoms with E-state index in [1.807, 2.05) is 50.3 Å². The molecule has 134 valence electrons. The molecule has 26 heavy (non-hydrogen) atoms. The van der Waals surface area contributed by atoms with Crippen molar-refractivity contribution in [2.75, 3.05) is 12.0 Å². The van der Waals surface area contributed by atoms with Gasteiger partial charge in [0.05, 0.1) is 22.2 Å². The van der Waals surface area contributed by atoms with Crippen LogP contribution in [0.5, 0.6) is 5.75 Å². The smallest absolute Gasteiger partial charge is 0.270 e. The fraction of sp³-hybridized carbons (Fsp3) is 0.158. The molecule has 0 spiro atoms. The van der Waals surface area contributed by atoms with E-state index in [-0.39, 0.29) is 5.91 Å². The summed E-state index contributed by atoms with van der Waals surface area (Å²) in [6, 6.07) is 9.72. The Morgan fingerprint density at radius 2 is 1.88 bits per heavy atom. The molecular formula is C19H15Br2NO2S2. The van der Waals surface area contributed by atoms with Crippen molar-refractivity contribution in [3.63, 3.8) is 0 Å². The van der Waals surface area contributed by atoms with Crippen molar-refractivity contribution >= 4 is 77.8 Å². The molecule has 0 radical (unpaired) electrons. The van der Waals surface area contributed by atoms with E-state index in [0.717, 1.165) is 25.8 Å². The Kier molecular flexibility index (Phi) is 5.91. The number of benzene rings is 2. The normalized spacial score (nSPS) is 15.9. The lowest BCUT2D eigenvalue weighted by Gasteiger charge is -2.16. The molecule has 0 atom stereocenters. The first-order chi connectivity index (χ1) is 12.3. The van der Waals surface area contributed by atoms with Crippen LogP contribution in [0.3, 0.4) is 0 Å². The highest BCUT2D eigenvalue weighted by Crippen LogP contribution is 2.39. The van der Waals surface area contributed by atoms with Crippen molar-refractivity contribution in [1.82, 2.24) is 0 Å². The number of amides is 1. The van der Waals surface area contributed by atoms with Gasteiger partial charge in [0.1, 0.15) is 5.75 Å². The molecule has 0 aromatic heterocycles. The summed E-state index contributed by atoms with van der Waals surface area (Å²) in [5.41, 5.74) is 3.90. The Bertz CT molecular complexity index is 957. The predicted octanol–water partition coefficient (Wildman–Crippen LogP) is 6.24. The fourth-order valence-electron chi connectivity index (χ4n) is 2.60. The van der Waals surface area contributed by atoms with Gasteiger partial charge in [-0.1, -0.05) is 46.0 Å². The lowest BCUT2D eigenvalue weighted by molar-refractivity contribution is -0.113. The molecule has 1 saturated heterocycles. The fourth-order valence-corrected chi connectivity index (χ4v) is 5.31. The highest BCUT2D eigenvalue weighted by atomic mass is 79.9. The summed E-state index contributed by atoms with van der Waals surface area (Å²) in [5.74, 6) is 0.547. The van der Waals surface area contributed by atoms with Crippen LogP contribution >= 0.6 is 55.8 Å². The molecular weight excluding hydrogens is 498 g/mol. The number of aryl methyl sites for hydroxylation is 2. The van der Waals surface area contributed by atoms with E-state index in [4.69, 9.17) is 17.0 Å². The molecule has 3 rings (SSSR count). The minimum atomic E-state index is -0.124. The SMILES string of the molecule is COc1c(Br)cc(Br)cc1/C=C1/SC(=S)N(c2ccc(C)c(C)c2)C1=O. The molecule has 0 bridgehead atoms. The average molecular weight is 513 g/mol. The summed E-state index contributed by atoms with van der Waals surface area (Å²) < 4.78 is 7.69. The van der Waals surface area contributed by atoms with Crippen LogP contribution in [0.15, 0.2) is 44.2 Å². The van der Waals surface area contributed by atoms with Crippen molar-refractivity contribution in [1.29, 1.82) is 0 Å². The topological polar surface area (TPSA) is 29.5 Å². The van der Waals surface area contributed by atoms with Crippen LogP contribution in [0.4, 0.5) is 5.69 Å². The molecule has 0 N–H and O–H groups in total. The Balaban J connectivity index is 2.01. The minimum Gasteiger partial charge on any atom is -0.495 e. The number of hydrogen-bond acceptors (Lipinski definition) is 4. The first-order valence-corrected chi connectivity index (χ1v) is 10.5. The van der Waals surface area contributed by atoms with E-state index in [2.05, 4.69) is 31.9 Å². The number of nitrogens with zero attached hydrogens (tertiary/aromatic N) is 1. The number of halogens is 2. The lowest BCUT2D eigenvalue weighted by Crippen LogP contribution is -2.27. The maximum atomic E-state index is 13.0. The van der Waals surface area contributed by atoms with Gasteiger partial charge in [-0.2, -0.15) is 0 Å². The van der Waals surface area contributed by atoms with Crippen molar-refractivity contribution < 1.29 is 9.53 Å². The summed E-state index contributed by atoms with van der Waals surface area (Å²) in [7, 11) is 1.60. The van der Waals surface area contributed by atoms with E-state index in [1.54, 1.807) is 12.0 Å². The second-order valence-electron chi connectivity index (χ2n) is 5.80. The molecule has 0 saturated carbocycles. The standard InChI is InChI=1S/C19H15Br2NO2S2/c1-10-4-5-14(6-11(10)2)22-18(23)16(26-19(22)25)8-12-7-13(20)9-15(21)17(12)24-3/h4-9H,1-3H3/b16-8+. The third-order valence-electron chi connectivity index (χ3n) is 4.07.